The lowest BCUT2D eigenvalue weighted by atomic mass is 9.78. The van der Waals surface area contributed by atoms with Crippen LogP contribution in [-0.4, -0.2) is 83.0 Å². The zero-order valence-corrected chi connectivity index (χ0v) is 15.7. The Morgan fingerprint density at radius 2 is 2.00 bits per heavy atom. The fourth-order valence-corrected chi connectivity index (χ4v) is 4.61. The minimum atomic E-state index is -3.94. The number of rotatable bonds is 9. The second-order valence-electron chi connectivity index (χ2n) is 7.24. The number of hydrogen-bond donors (Lipinski definition) is 5. The summed E-state index contributed by atoms with van der Waals surface area (Å²) < 4.78 is 27.9. The monoisotopic (exact) mass is 380 g/mol. The van der Waals surface area contributed by atoms with Crippen molar-refractivity contribution in [1.82, 2.24) is 8.61 Å². The van der Waals surface area contributed by atoms with Gasteiger partial charge in [-0.05, 0) is 26.6 Å². The van der Waals surface area contributed by atoms with Gasteiger partial charge in [-0.1, -0.05) is 6.42 Å². The second-order valence-corrected chi connectivity index (χ2v) is 9.20. The molecule has 146 valence electrons. The number of nitrogens with two attached hydrogens (primary N) is 2. The van der Waals surface area contributed by atoms with Crippen molar-refractivity contribution in [3.63, 3.8) is 0 Å². The Balaban J connectivity index is 3.02. The van der Waals surface area contributed by atoms with Crippen LogP contribution in [0.5, 0.6) is 0 Å². The topological polar surface area (TPSA) is 170 Å². The van der Waals surface area contributed by atoms with Gasteiger partial charge >= 0.3 is 13.1 Å². The molecule has 0 bridgehead atoms. The Hall–Kier alpha value is -0.755. The maximum Gasteiger partial charge on any atom is 0.451 e. The van der Waals surface area contributed by atoms with Crippen LogP contribution in [0.1, 0.15) is 26.7 Å². The van der Waals surface area contributed by atoms with Crippen molar-refractivity contribution in [3.8, 4) is 0 Å². The Kier molecular flexibility index (Phi) is 7.01. The van der Waals surface area contributed by atoms with E-state index in [1.165, 1.54) is 7.05 Å². The van der Waals surface area contributed by atoms with E-state index in [1.54, 1.807) is 13.8 Å². The molecule has 0 aromatic carbocycles. The standard InChI is InChI=1S/C13H29BN4O6S/c1-12(2,8-15)17(3)25(23,24)18-7-10(5-4-6-14(21)22)13(16,9-18)11(19)20/h10,21-22H,4-9,15-16H2,1-3H3,(H,19,20)/t10-,13-/m0/s1. The predicted molar refractivity (Wildman–Crippen MR) is 93.7 cm³/mol. The van der Waals surface area contributed by atoms with Gasteiger partial charge in [-0.25, -0.2) is 0 Å². The first kappa shape index (κ1) is 22.3. The molecule has 0 aliphatic carbocycles. The van der Waals surface area contributed by atoms with Gasteiger partial charge < -0.3 is 26.6 Å². The van der Waals surface area contributed by atoms with Gasteiger partial charge in [-0.3, -0.25) is 4.79 Å². The minimum absolute atomic E-state index is 0.0440. The van der Waals surface area contributed by atoms with Crippen LogP contribution >= 0.6 is 0 Å². The fourth-order valence-electron chi connectivity index (χ4n) is 2.82. The van der Waals surface area contributed by atoms with Gasteiger partial charge in [-0.2, -0.15) is 17.0 Å². The molecule has 10 nitrogen and oxygen atoms in total. The average molecular weight is 380 g/mol. The summed E-state index contributed by atoms with van der Waals surface area (Å²) in [6.07, 6.45) is 0.669. The van der Waals surface area contributed by atoms with Crippen LogP contribution in [-0.2, 0) is 15.0 Å². The van der Waals surface area contributed by atoms with E-state index in [1.807, 2.05) is 0 Å². The third-order valence-corrected chi connectivity index (χ3v) is 7.15. The van der Waals surface area contributed by atoms with Crippen LogP contribution in [0.25, 0.3) is 0 Å². The summed E-state index contributed by atoms with van der Waals surface area (Å²) >= 11 is 0. The van der Waals surface area contributed by atoms with Crippen molar-refractivity contribution >= 4 is 23.3 Å². The van der Waals surface area contributed by atoms with Crippen molar-refractivity contribution in [2.24, 2.45) is 17.4 Å². The number of carbonyl (C=O) groups is 1. The lowest BCUT2D eigenvalue weighted by molar-refractivity contribution is -0.144. The lowest BCUT2D eigenvalue weighted by Gasteiger charge is -2.36. The number of hydrogen-bond acceptors (Lipinski definition) is 7. The first-order chi connectivity index (χ1) is 11.3. The summed E-state index contributed by atoms with van der Waals surface area (Å²) in [5, 5.41) is 27.3. The van der Waals surface area contributed by atoms with Crippen LogP contribution in [0.3, 0.4) is 0 Å². The maximum atomic E-state index is 12.8. The Bertz CT molecular complexity index is 587. The van der Waals surface area contributed by atoms with Crippen molar-refractivity contribution in [1.29, 1.82) is 0 Å². The zero-order valence-electron chi connectivity index (χ0n) is 14.9. The molecule has 0 aromatic heterocycles. The summed E-state index contributed by atoms with van der Waals surface area (Å²) in [6, 6.07) is 0. The summed E-state index contributed by atoms with van der Waals surface area (Å²) in [6.45, 7) is 3.06. The fraction of sp³-hybridized carbons (Fsp3) is 0.923. The molecule has 1 saturated heterocycles. The number of carboxylic acids is 1. The highest BCUT2D eigenvalue weighted by atomic mass is 32.2. The number of carboxylic acid groups (broad SMARTS) is 1. The number of likely N-dealkylation sites (N-methyl/N-ethyl adjacent to an activating group) is 1. The van der Waals surface area contributed by atoms with Crippen molar-refractivity contribution in [2.75, 3.05) is 26.7 Å². The summed E-state index contributed by atoms with van der Waals surface area (Å²) in [4.78, 5) is 11.6. The van der Waals surface area contributed by atoms with Crippen LogP contribution in [0.4, 0.5) is 0 Å². The zero-order chi connectivity index (χ0) is 19.6. The van der Waals surface area contributed by atoms with Crippen LogP contribution in [0, 0.1) is 5.92 Å². The van der Waals surface area contributed by atoms with E-state index in [2.05, 4.69) is 0 Å². The highest BCUT2D eigenvalue weighted by Crippen LogP contribution is 2.33. The molecule has 1 rings (SSSR count). The quantitative estimate of drug-likeness (QED) is 0.282. The molecule has 7 N–H and O–H groups in total. The van der Waals surface area contributed by atoms with E-state index in [9.17, 15) is 18.3 Å². The molecule has 12 heteroatoms. The van der Waals surface area contributed by atoms with Gasteiger partial charge in [0.05, 0.1) is 0 Å². The van der Waals surface area contributed by atoms with Crippen LogP contribution in [0.15, 0.2) is 0 Å². The summed E-state index contributed by atoms with van der Waals surface area (Å²) in [5.74, 6) is -1.91. The molecule has 0 saturated carbocycles. The molecule has 2 atom stereocenters. The Labute approximate surface area is 149 Å². The van der Waals surface area contributed by atoms with E-state index < -0.39 is 40.3 Å². The normalized spacial score (nSPS) is 25.5. The van der Waals surface area contributed by atoms with E-state index in [-0.39, 0.29) is 32.4 Å². The molecule has 0 spiro atoms. The molecule has 25 heavy (non-hydrogen) atoms. The molecular formula is C13H29BN4O6S. The van der Waals surface area contributed by atoms with Crippen molar-refractivity contribution in [3.05, 3.63) is 0 Å². The van der Waals surface area contributed by atoms with E-state index in [0.29, 0.717) is 6.42 Å². The van der Waals surface area contributed by atoms with Gasteiger partial charge in [0, 0.05) is 38.1 Å². The molecule has 1 fully saturated rings. The smallest absolute Gasteiger partial charge is 0.451 e. The largest absolute Gasteiger partial charge is 0.480 e. The molecule has 0 unspecified atom stereocenters. The highest BCUT2D eigenvalue weighted by molar-refractivity contribution is 7.86. The van der Waals surface area contributed by atoms with Gasteiger partial charge in [0.25, 0.3) is 10.2 Å². The summed E-state index contributed by atoms with van der Waals surface area (Å²) in [5.41, 5.74) is 9.10. The minimum Gasteiger partial charge on any atom is -0.480 e. The first-order valence-corrected chi connectivity index (χ1v) is 9.51. The molecule has 1 aliphatic rings. The summed E-state index contributed by atoms with van der Waals surface area (Å²) in [7, 11) is -4.03. The van der Waals surface area contributed by atoms with E-state index >= 15 is 0 Å². The van der Waals surface area contributed by atoms with Gasteiger partial charge in [-0.15, -0.1) is 0 Å². The number of aliphatic carboxylic acids is 1. The highest BCUT2D eigenvalue weighted by Gasteiger charge is 2.53. The van der Waals surface area contributed by atoms with E-state index in [0.717, 1.165) is 8.61 Å². The van der Waals surface area contributed by atoms with Crippen LogP contribution < -0.4 is 11.5 Å². The molecular weight excluding hydrogens is 351 g/mol. The van der Waals surface area contributed by atoms with Crippen molar-refractivity contribution < 1.29 is 28.4 Å². The van der Waals surface area contributed by atoms with Gasteiger partial charge in [0.1, 0.15) is 5.54 Å². The Morgan fingerprint density at radius 3 is 2.44 bits per heavy atom. The molecule has 0 amide bonds. The SMILES string of the molecule is CN(C(C)(C)CN)S(=O)(=O)N1C[C@H](CCCB(O)O)[C@](N)(C(=O)O)C1. The maximum absolute atomic E-state index is 12.8. The predicted octanol–water partition coefficient (Wildman–Crippen LogP) is -2.13. The molecule has 0 aromatic rings. The second kappa shape index (κ2) is 7.86. The lowest BCUT2D eigenvalue weighted by Crippen LogP contribution is -2.57. The first-order valence-electron chi connectivity index (χ1n) is 8.11. The van der Waals surface area contributed by atoms with Crippen LogP contribution in [0.2, 0.25) is 6.32 Å². The van der Waals surface area contributed by atoms with Gasteiger partial charge in [0.2, 0.25) is 0 Å². The molecule has 0 radical (unpaired) electrons. The average Bonchev–Trinajstić information content (AvgIpc) is 2.85. The molecule has 1 aliphatic heterocycles. The Morgan fingerprint density at radius 1 is 1.44 bits per heavy atom. The third kappa shape index (κ3) is 4.70. The third-order valence-electron chi connectivity index (χ3n) is 5.03. The van der Waals surface area contributed by atoms with E-state index in [4.69, 9.17) is 21.5 Å². The molecule has 1 heterocycles. The van der Waals surface area contributed by atoms with Crippen molar-refractivity contribution in [2.45, 2.75) is 44.1 Å². The van der Waals surface area contributed by atoms with Gasteiger partial charge in [0.15, 0.2) is 0 Å². The number of nitrogens with zero attached hydrogens (tertiary/aromatic N) is 2.